The van der Waals surface area contributed by atoms with Crippen LogP contribution < -0.4 is 0 Å². The van der Waals surface area contributed by atoms with Crippen LogP contribution in [0.2, 0.25) is 0 Å². The molecule has 1 atom stereocenters. The first kappa shape index (κ1) is 10.2. The average molecular weight is 148 g/mol. The Hall–Kier alpha value is 0.210. The van der Waals surface area contributed by atoms with Crippen LogP contribution in [-0.2, 0) is 0 Å². The maximum atomic E-state index is 4.09. The Balaban J connectivity index is 0.000000810. The molecule has 10 heavy (non-hydrogen) atoms. The van der Waals surface area contributed by atoms with Gasteiger partial charge in [-0.3, -0.25) is 4.99 Å². The topological polar surface area (TPSA) is 15.6 Å². The first-order valence-corrected chi connectivity index (χ1v) is 3.23. The van der Waals surface area contributed by atoms with E-state index in [4.69, 9.17) is 0 Å². The van der Waals surface area contributed by atoms with Crippen molar-refractivity contribution in [3.8, 4) is 0 Å². The standard InChI is InChI=1S/C7H12N2.Na.H/c1-3-7(2)9-5-4-8-6-9;;/h3,6-7H,1,4-5H2,2H3;;. The van der Waals surface area contributed by atoms with Gasteiger partial charge in [-0.15, -0.1) is 6.58 Å². The third kappa shape index (κ3) is 2.45. The third-order valence-electron chi connectivity index (χ3n) is 1.58. The predicted octanol–water partition coefficient (Wildman–Crippen LogP) is 0.256. The molecule has 0 aliphatic carbocycles. The van der Waals surface area contributed by atoms with Crippen molar-refractivity contribution < 1.29 is 0 Å². The van der Waals surface area contributed by atoms with Crippen LogP contribution in [0.3, 0.4) is 0 Å². The zero-order valence-electron chi connectivity index (χ0n) is 5.75. The van der Waals surface area contributed by atoms with E-state index in [1.807, 2.05) is 12.4 Å². The Labute approximate surface area is 84.3 Å². The monoisotopic (exact) mass is 148 g/mol. The fourth-order valence-corrected chi connectivity index (χ4v) is 0.838. The normalized spacial score (nSPS) is 18.3. The number of aliphatic imine (C=N–C) groups is 1. The Bertz CT molecular complexity index is 134. The van der Waals surface area contributed by atoms with Gasteiger partial charge in [-0.2, -0.15) is 0 Å². The van der Waals surface area contributed by atoms with Crippen LogP contribution in [0, 0.1) is 0 Å². The third-order valence-corrected chi connectivity index (χ3v) is 1.58. The van der Waals surface area contributed by atoms with E-state index < -0.39 is 0 Å². The molecule has 0 spiro atoms. The molecule has 1 unspecified atom stereocenters. The van der Waals surface area contributed by atoms with Crippen LogP contribution >= 0.6 is 0 Å². The fraction of sp³-hybridized carbons (Fsp3) is 0.571. The van der Waals surface area contributed by atoms with E-state index in [1.54, 1.807) is 0 Å². The molecule has 1 aliphatic rings. The molecule has 2 nitrogen and oxygen atoms in total. The van der Waals surface area contributed by atoms with Gasteiger partial charge in [0.2, 0.25) is 0 Å². The van der Waals surface area contributed by atoms with E-state index in [-0.39, 0.29) is 29.6 Å². The molecule has 3 heteroatoms. The summed E-state index contributed by atoms with van der Waals surface area (Å²) in [5.74, 6) is 0. The Morgan fingerprint density at radius 2 is 2.50 bits per heavy atom. The molecule has 1 rings (SSSR count). The summed E-state index contributed by atoms with van der Waals surface area (Å²) < 4.78 is 0. The first-order valence-electron chi connectivity index (χ1n) is 3.23. The summed E-state index contributed by atoms with van der Waals surface area (Å²) in [6, 6.07) is 0.441. The maximum absolute atomic E-state index is 4.09. The van der Waals surface area contributed by atoms with E-state index in [0.29, 0.717) is 6.04 Å². The van der Waals surface area contributed by atoms with Gasteiger partial charge in [0.05, 0.1) is 12.9 Å². The van der Waals surface area contributed by atoms with Gasteiger partial charge in [0.25, 0.3) is 0 Å². The minimum atomic E-state index is 0. The van der Waals surface area contributed by atoms with E-state index in [9.17, 15) is 0 Å². The van der Waals surface area contributed by atoms with Gasteiger partial charge < -0.3 is 4.90 Å². The molecule has 1 heterocycles. The van der Waals surface area contributed by atoms with Crippen molar-refractivity contribution in [1.29, 1.82) is 0 Å². The van der Waals surface area contributed by atoms with Gasteiger partial charge >= 0.3 is 29.6 Å². The van der Waals surface area contributed by atoms with Crippen molar-refractivity contribution in [2.45, 2.75) is 13.0 Å². The van der Waals surface area contributed by atoms with Gasteiger partial charge in [0.1, 0.15) is 0 Å². The summed E-state index contributed by atoms with van der Waals surface area (Å²) in [6.45, 7) is 7.81. The van der Waals surface area contributed by atoms with E-state index >= 15 is 0 Å². The molecule has 0 fully saturated rings. The quantitative estimate of drug-likeness (QED) is 0.405. The fourth-order valence-electron chi connectivity index (χ4n) is 0.838. The number of nitrogens with zero attached hydrogens (tertiary/aromatic N) is 2. The summed E-state index contributed by atoms with van der Waals surface area (Å²) in [5, 5.41) is 0. The second-order valence-electron chi connectivity index (χ2n) is 2.24. The van der Waals surface area contributed by atoms with Crippen LogP contribution in [0.4, 0.5) is 0 Å². The summed E-state index contributed by atoms with van der Waals surface area (Å²) in [6.07, 6.45) is 3.82. The first-order chi connectivity index (χ1) is 4.34. The molecule has 0 saturated carbocycles. The van der Waals surface area contributed by atoms with Crippen LogP contribution in [0.1, 0.15) is 6.92 Å². The van der Waals surface area contributed by atoms with Crippen LogP contribution in [0.15, 0.2) is 17.6 Å². The minimum absolute atomic E-state index is 0. The molecule has 1 aliphatic heterocycles. The molecule has 52 valence electrons. The molecule has 0 amide bonds. The zero-order valence-corrected chi connectivity index (χ0v) is 5.75. The Morgan fingerprint density at radius 1 is 1.80 bits per heavy atom. The molecule has 0 radical (unpaired) electrons. The molecular formula is C7H13N2Na. The van der Waals surface area contributed by atoms with Crippen molar-refractivity contribution in [3.63, 3.8) is 0 Å². The van der Waals surface area contributed by atoms with Crippen LogP contribution in [0.25, 0.3) is 0 Å². The van der Waals surface area contributed by atoms with Crippen molar-refractivity contribution in [2.75, 3.05) is 13.1 Å². The second kappa shape index (κ2) is 4.94. The predicted molar refractivity (Wildman–Crippen MR) is 46.9 cm³/mol. The molecule has 0 aromatic heterocycles. The number of hydrogen-bond donors (Lipinski definition) is 0. The second-order valence-corrected chi connectivity index (χ2v) is 2.24. The Morgan fingerprint density at radius 3 is 2.90 bits per heavy atom. The summed E-state index contributed by atoms with van der Waals surface area (Å²) in [4.78, 5) is 6.26. The number of rotatable bonds is 2. The van der Waals surface area contributed by atoms with Crippen molar-refractivity contribution >= 4 is 35.9 Å². The van der Waals surface area contributed by atoms with Gasteiger partial charge in [0, 0.05) is 12.6 Å². The molecule has 0 saturated heterocycles. The van der Waals surface area contributed by atoms with E-state index in [0.717, 1.165) is 13.1 Å². The van der Waals surface area contributed by atoms with E-state index in [1.165, 1.54) is 0 Å². The molecule has 0 aromatic rings. The van der Waals surface area contributed by atoms with Crippen LogP contribution in [-0.4, -0.2) is 59.9 Å². The molecule has 0 N–H and O–H groups in total. The number of hydrogen-bond acceptors (Lipinski definition) is 2. The average Bonchev–Trinajstić information content (AvgIpc) is 2.37. The summed E-state index contributed by atoms with van der Waals surface area (Å²) in [5.41, 5.74) is 0. The molecule has 0 bridgehead atoms. The van der Waals surface area contributed by atoms with E-state index in [2.05, 4.69) is 23.4 Å². The molecule has 0 aromatic carbocycles. The zero-order chi connectivity index (χ0) is 6.69. The SMILES string of the molecule is C=CC(C)N1C=NCC1.[NaH]. The summed E-state index contributed by atoms with van der Waals surface area (Å²) >= 11 is 0. The Kier molecular flexibility index (Phi) is 5.04. The van der Waals surface area contributed by atoms with Gasteiger partial charge in [-0.1, -0.05) is 6.08 Å². The van der Waals surface area contributed by atoms with Crippen LogP contribution in [0.5, 0.6) is 0 Å². The van der Waals surface area contributed by atoms with Gasteiger partial charge in [-0.05, 0) is 6.92 Å². The van der Waals surface area contributed by atoms with Gasteiger partial charge in [0.15, 0.2) is 0 Å². The van der Waals surface area contributed by atoms with Crippen molar-refractivity contribution in [1.82, 2.24) is 4.90 Å². The van der Waals surface area contributed by atoms with Crippen molar-refractivity contribution in [3.05, 3.63) is 12.7 Å². The van der Waals surface area contributed by atoms with Crippen molar-refractivity contribution in [2.24, 2.45) is 4.99 Å². The summed E-state index contributed by atoms with van der Waals surface area (Å²) in [7, 11) is 0. The van der Waals surface area contributed by atoms with Gasteiger partial charge in [-0.25, -0.2) is 0 Å². The molecular weight excluding hydrogens is 135 g/mol.